The molecule has 0 spiro atoms. The van der Waals surface area contributed by atoms with E-state index >= 15 is 0 Å². The predicted octanol–water partition coefficient (Wildman–Crippen LogP) is 3.72. The van der Waals surface area contributed by atoms with Gasteiger partial charge in [0.05, 0.1) is 0 Å². The molecule has 0 saturated carbocycles. The first-order valence-electron chi connectivity index (χ1n) is 3.98. The Morgan fingerprint density at radius 1 is 1.50 bits per heavy atom. The summed E-state index contributed by atoms with van der Waals surface area (Å²) in [5.41, 5.74) is 0.254. The van der Waals surface area contributed by atoms with Gasteiger partial charge in [-0.25, -0.2) is 0 Å². The second-order valence-electron chi connectivity index (χ2n) is 2.71. The lowest BCUT2D eigenvalue weighted by atomic mass is 10.1. The van der Waals surface area contributed by atoms with Crippen molar-refractivity contribution in [3.05, 3.63) is 20.8 Å². The molecule has 0 fully saturated rings. The van der Waals surface area contributed by atoms with Crippen molar-refractivity contribution in [2.45, 2.75) is 19.1 Å². The first kappa shape index (κ1) is 12.0. The second-order valence-corrected chi connectivity index (χ2v) is 4.31. The summed E-state index contributed by atoms with van der Waals surface area (Å²) in [6.45, 7) is 1.94. The molecule has 0 bridgehead atoms. The maximum atomic E-state index is 12.6. The number of halogens is 4. The molecule has 0 saturated heterocycles. The van der Waals surface area contributed by atoms with Gasteiger partial charge in [-0.15, -0.1) is 0 Å². The highest BCUT2D eigenvalue weighted by Gasteiger charge is 2.41. The van der Waals surface area contributed by atoms with E-state index in [9.17, 15) is 13.2 Å². The van der Waals surface area contributed by atoms with Gasteiger partial charge in [-0.1, -0.05) is 6.92 Å². The molecule has 0 aromatic carbocycles. The normalized spacial score (nSPS) is 14.4. The molecular weight excluding hydrogens is 279 g/mol. The van der Waals surface area contributed by atoms with Crippen molar-refractivity contribution >= 4 is 27.3 Å². The third-order valence-electron chi connectivity index (χ3n) is 1.69. The standard InChI is InChI=1S/C8H9BrF3NS/c1-2-13-7(8(10,11)12)5-3-14-4-6(5)9/h3-4,7,13H,2H2,1H3. The average Bonchev–Trinajstić information content (AvgIpc) is 2.45. The molecule has 6 heteroatoms. The summed E-state index contributed by atoms with van der Waals surface area (Å²) in [5.74, 6) is 0. The van der Waals surface area contributed by atoms with Gasteiger partial charge in [0, 0.05) is 15.4 Å². The zero-order valence-corrected chi connectivity index (χ0v) is 9.76. The van der Waals surface area contributed by atoms with E-state index in [-0.39, 0.29) is 12.1 Å². The Hall–Kier alpha value is -0.0700. The van der Waals surface area contributed by atoms with Crippen LogP contribution >= 0.6 is 27.3 Å². The molecule has 14 heavy (non-hydrogen) atoms. The first-order chi connectivity index (χ1) is 6.46. The lowest BCUT2D eigenvalue weighted by molar-refractivity contribution is -0.157. The summed E-state index contributed by atoms with van der Waals surface area (Å²) in [7, 11) is 0. The zero-order chi connectivity index (χ0) is 10.8. The SMILES string of the molecule is CCNC(c1cscc1Br)C(F)(F)F. The largest absolute Gasteiger partial charge is 0.407 e. The van der Waals surface area contributed by atoms with Crippen LogP contribution in [0, 0.1) is 0 Å². The van der Waals surface area contributed by atoms with Crippen LogP contribution in [0.5, 0.6) is 0 Å². The molecule has 0 amide bonds. The van der Waals surface area contributed by atoms with Gasteiger partial charge >= 0.3 is 6.18 Å². The van der Waals surface area contributed by atoms with Crippen LogP contribution < -0.4 is 5.32 Å². The first-order valence-corrected chi connectivity index (χ1v) is 5.72. The predicted molar refractivity (Wildman–Crippen MR) is 54.5 cm³/mol. The van der Waals surface area contributed by atoms with Crippen molar-refractivity contribution in [1.82, 2.24) is 5.32 Å². The number of hydrogen-bond donors (Lipinski definition) is 1. The molecule has 0 aliphatic rings. The highest BCUT2D eigenvalue weighted by molar-refractivity contribution is 9.10. The molecule has 0 aliphatic heterocycles. The Kier molecular flexibility index (Phi) is 3.97. The van der Waals surface area contributed by atoms with Crippen molar-refractivity contribution in [2.24, 2.45) is 0 Å². The van der Waals surface area contributed by atoms with E-state index in [1.165, 1.54) is 16.7 Å². The topological polar surface area (TPSA) is 12.0 Å². The van der Waals surface area contributed by atoms with Crippen LogP contribution in [0.25, 0.3) is 0 Å². The fourth-order valence-corrected chi connectivity index (χ4v) is 2.66. The van der Waals surface area contributed by atoms with Crippen LogP contribution in [0.1, 0.15) is 18.5 Å². The van der Waals surface area contributed by atoms with E-state index in [2.05, 4.69) is 21.2 Å². The molecule has 1 atom stereocenters. The van der Waals surface area contributed by atoms with E-state index < -0.39 is 12.2 Å². The van der Waals surface area contributed by atoms with Gasteiger partial charge < -0.3 is 5.32 Å². The summed E-state index contributed by atoms with van der Waals surface area (Å²) < 4.78 is 38.2. The number of hydrogen-bond acceptors (Lipinski definition) is 2. The summed E-state index contributed by atoms with van der Waals surface area (Å²) >= 11 is 4.35. The third kappa shape index (κ3) is 2.71. The van der Waals surface area contributed by atoms with Crippen LogP contribution in [-0.2, 0) is 0 Å². The summed E-state index contributed by atoms with van der Waals surface area (Å²) in [4.78, 5) is 0. The van der Waals surface area contributed by atoms with Gasteiger partial charge in [-0.2, -0.15) is 24.5 Å². The molecule has 80 valence electrons. The van der Waals surface area contributed by atoms with Crippen molar-refractivity contribution in [3.63, 3.8) is 0 Å². The zero-order valence-electron chi connectivity index (χ0n) is 7.36. The van der Waals surface area contributed by atoms with Gasteiger partial charge in [0.15, 0.2) is 0 Å². The Bertz CT molecular complexity index is 297. The van der Waals surface area contributed by atoms with Gasteiger partial charge in [0.1, 0.15) is 6.04 Å². The quantitative estimate of drug-likeness (QED) is 0.893. The molecule has 1 aromatic rings. The van der Waals surface area contributed by atoms with Crippen molar-refractivity contribution in [3.8, 4) is 0 Å². The number of alkyl halides is 3. The fraction of sp³-hybridized carbons (Fsp3) is 0.500. The highest BCUT2D eigenvalue weighted by atomic mass is 79.9. The van der Waals surface area contributed by atoms with Crippen LogP contribution in [0.2, 0.25) is 0 Å². The van der Waals surface area contributed by atoms with Crippen molar-refractivity contribution < 1.29 is 13.2 Å². The minimum absolute atomic E-state index is 0.254. The van der Waals surface area contributed by atoms with Gasteiger partial charge in [-0.05, 0) is 27.9 Å². The van der Waals surface area contributed by atoms with E-state index in [0.717, 1.165) is 0 Å². The molecular formula is C8H9BrF3NS. The minimum Gasteiger partial charge on any atom is -0.303 e. The average molecular weight is 288 g/mol. The Morgan fingerprint density at radius 3 is 2.50 bits per heavy atom. The monoisotopic (exact) mass is 287 g/mol. The summed E-state index contributed by atoms with van der Waals surface area (Å²) in [6, 6.07) is -1.58. The minimum atomic E-state index is -4.25. The number of rotatable bonds is 3. The lowest BCUT2D eigenvalue weighted by Gasteiger charge is -2.20. The second kappa shape index (κ2) is 4.63. The number of thiophene rings is 1. The number of nitrogens with one attached hydrogen (secondary N) is 1. The lowest BCUT2D eigenvalue weighted by Crippen LogP contribution is -2.33. The van der Waals surface area contributed by atoms with E-state index in [1.54, 1.807) is 12.3 Å². The van der Waals surface area contributed by atoms with Crippen molar-refractivity contribution in [1.29, 1.82) is 0 Å². The molecule has 1 heterocycles. The summed E-state index contributed by atoms with van der Waals surface area (Å²) in [6.07, 6.45) is -4.25. The van der Waals surface area contributed by atoms with E-state index in [0.29, 0.717) is 4.47 Å². The molecule has 1 aromatic heterocycles. The molecule has 1 N–H and O–H groups in total. The fourth-order valence-electron chi connectivity index (χ4n) is 1.10. The van der Waals surface area contributed by atoms with E-state index in [1.807, 2.05) is 0 Å². The Morgan fingerprint density at radius 2 is 2.14 bits per heavy atom. The van der Waals surface area contributed by atoms with Gasteiger partial charge in [0.2, 0.25) is 0 Å². The Balaban J connectivity index is 2.95. The maximum absolute atomic E-state index is 12.6. The molecule has 1 unspecified atom stereocenters. The van der Waals surface area contributed by atoms with Gasteiger partial charge in [0.25, 0.3) is 0 Å². The van der Waals surface area contributed by atoms with Crippen LogP contribution in [-0.4, -0.2) is 12.7 Å². The van der Waals surface area contributed by atoms with Crippen LogP contribution in [0.15, 0.2) is 15.2 Å². The third-order valence-corrected chi connectivity index (χ3v) is 3.44. The highest BCUT2D eigenvalue weighted by Crippen LogP contribution is 2.37. The molecule has 0 aliphatic carbocycles. The maximum Gasteiger partial charge on any atom is 0.407 e. The molecule has 1 nitrogen and oxygen atoms in total. The Labute approximate surface area is 92.4 Å². The smallest absolute Gasteiger partial charge is 0.303 e. The van der Waals surface area contributed by atoms with Crippen molar-refractivity contribution in [2.75, 3.05) is 6.54 Å². The van der Waals surface area contributed by atoms with Crippen LogP contribution in [0.3, 0.4) is 0 Å². The molecule has 0 radical (unpaired) electrons. The summed E-state index contributed by atoms with van der Waals surface area (Å²) in [5, 5.41) is 5.57. The van der Waals surface area contributed by atoms with Crippen LogP contribution in [0.4, 0.5) is 13.2 Å². The molecule has 1 rings (SSSR count). The van der Waals surface area contributed by atoms with E-state index in [4.69, 9.17) is 0 Å². The van der Waals surface area contributed by atoms with Gasteiger partial charge in [-0.3, -0.25) is 0 Å².